The average molecular weight is 338 g/mol. The molecule has 1 heterocycles. The molecule has 1 saturated heterocycles. The zero-order valence-corrected chi connectivity index (χ0v) is 14.2. The number of carbonyl (C=O) groups excluding carboxylic acids is 2. The van der Waals surface area contributed by atoms with Crippen LogP contribution in [0.4, 0.5) is 0 Å². The van der Waals surface area contributed by atoms with E-state index in [0.29, 0.717) is 18.5 Å². The molecule has 2 amide bonds. The molecule has 1 aromatic rings. The minimum Gasteiger partial charge on any atom is -0.343 e. The maximum Gasteiger partial charge on any atom is 0.251 e. The second kappa shape index (κ2) is 7.12. The molecule has 0 bridgehead atoms. The standard InChI is InChI=1S/C16H22N2O4S/c1-3-18(14-8-9-23(21,22)11-14)15(19)10-17-16(20)13-6-4-12(2)5-7-13/h4-7,14H,3,8-11H2,1-2H3,(H,17,20). The molecule has 1 fully saturated rings. The molecule has 1 unspecified atom stereocenters. The predicted octanol–water partition coefficient (Wildman–Crippen LogP) is 0.760. The van der Waals surface area contributed by atoms with Gasteiger partial charge in [0, 0.05) is 18.2 Å². The van der Waals surface area contributed by atoms with E-state index in [4.69, 9.17) is 0 Å². The number of likely N-dealkylation sites (N-methyl/N-ethyl adjacent to an activating group) is 1. The number of amides is 2. The summed E-state index contributed by atoms with van der Waals surface area (Å²) in [4.78, 5) is 25.8. The third-order valence-corrected chi connectivity index (χ3v) is 5.77. The van der Waals surface area contributed by atoms with Gasteiger partial charge in [0.1, 0.15) is 0 Å². The molecular weight excluding hydrogens is 316 g/mol. The molecule has 2 rings (SSSR count). The summed E-state index contributed by atoms with van der Waals surface area (Å²) in [6.07, 6.45) is 0.466. The van der Waals surface area contributed by atoms with Crippen molar-refractivity contribution in [2.75, 3.05) is 24.6 Å². The van der Waals surface area contributed by atoms with Crippen molar-refractivity contribution in [3.8, 4) is 0 Å². The molecule has 1 atom stereocenters. The molecule has 0 radical (unpaired) electrons. The van der Waals surface area contributed by atoms with Crippen molar-refractivity contribution >= 4 is 21.7 Å². The Bertz CT molecular complexity index is 683. The number of carbonyl (C=O) groups is 2. The van der Waals surface area contributed by atoms with Gasteiger partial charge in [-0.05, 0) is 32.4 Å². The van der Waals surface area contributed by atoms with Crippen LogP contribution in [0.1, 0.15) is 29.3 Å². The molecule has 7 heteroatoms. The minimum absolute atomic E-state index is 0.0124. The van der Waals surface area contributed by atoms with Crippen LogP contribution in [0.15, 0.2) is 24.3 Å². The first-order chi connectivity index (χ1) is 10.8. The highest BCUT2D eigenvalue weighted by Gasteiger charge is 2.33. The molecular formula is C16H22N2O4S. The fourth-order valence-corrected chi connectivity index (χ4v) is 4.45. The van der Waals surface area contributed by atoms with E-state index >= 15 is 0 Å². The smallest absolute Gasteiger partial charge is 0.251 e. The van der Waals surface area contributed by atoms with Gasteiger partial charge in [-0.1, -0.05) is 17.7 Å². The first-order valence-electron chi connectivity index (χ1n) is 7.67. The molecule has 0 spiro atoms. The Balaban J connectivity index is 1.92. The Labute approximate surface area is 136 Å². The first kappa shape index (κ1) is 17.5. The van der Waals surface area contributed by atoms with E-state index < -0.39 is 9.84 Å². The summed E-state index contributed by atoms with van der Waals surface area (Å²) in [5, 5.41) is 2.60. The molecule has 0 saturated carbocycles. The van der Waals surface area contributed by atoms with Crippen molar-refractivity contribution in [2.24, 2.45) is 0 Å². The minimum atomic E-state index is -3.04. The van der Waals surface area contributed by atoms with Gasteiger partial charge in [0.25, 0.3) is 5.91 Å². The van der Waals surface area contributed by atoms with Crippen LogP contribution in [0.2, 0.25) is 0 Å². The molecule has 1 aliphatic rings. The highest BCUT2D eigenvalue weighted by molar-refractivity contribution is 7.91. The van der Waals surface area contributed by atoms with Gasteiger partial charge >= 0.3 is 0 Å². The third-order valence-electron chi connectivity index (χ3n) is 4.02. The fraction of sp³-hybridized carbons (Fsp3) is 0.500. The quantitative estimate of drug-likeness (QED) is 0.859. The summed E-state index contributed by atoms with van der Waals surface area (Å²) in [5.74, 6) is -0.432. The lowest BCUT2D eigenvalue weighted by Gasteiger charge is -2.27. The van der Waals surface area contributed by atoms with Crippen molar-refractivity contribution in [2.45, 2.75) is 26.3 Å². The van der Waals surface area contributed by atoms with Gasteiger partial charge in [-0.2, -0.15) is 0 Å². The SMILES string of the molecule is CCN(C(=O)CNC(=O)c1ccc(C)cc1)C1CCS(=O)(=O)C1. The summed E-state index contributed by atoms with van der Waals surface area (Å²) in [5.41, 5.74) is 1.55. The number of nitrogens with zero attached hydrogens (tertiary/aromatic N) is 1. The maximum absolute atomic E-state index is 12.3. The Hall–Kier alpha value is -1.89. The second-order valence-corrected chi connectivity index (χ2v) is 8.01. The molecule has 1 aliphatic heterocycles. The van der Waals surface area contributed by atoms with E-state index in [2.05, 4.69) is 5.32 Å². The van der Waals surface area contributed by atoms with Gasteiger partial charge in [-0.15, -0.1) is 0 Å². The lowest BCUT2D eigenvalue weighted by atomic mass is 10.1. The molecule has 1 aromatic carbocycles. The van der Waals surface area contributed by atoms with Crippen molar-refractivity contribution in [1.29, 1.82) is 0 Å². The Morgan fingerprint density at radius 3 is 2.43 bits per heavy atom. The lowest BCUT2D eigenvalue weighted by Crippen LogP contribution is -2.46. The Kier molecular flexibility index (Phi) is 5.41. The van der Waals surface area contributed by atoms with E-state index in [-0.39, 0.29) is 35.9 Å². The molecule has 0 aromatic heterocycles. The topological polar surface area (TPSA) is 83.6 Å². The van der Waals surface area contributed by atoms with Crippen LogP contribution in [0, 0.1) is 6.92 Å². The first-order valence-corrected chi connectivity index (χ1v) is 9.49. The van der Waals surface area contributed by atoms with E-state index in [1.807, 2.05) is 26.0 Å². The van der Waals surface area contributed by atoms with Gasteiger partial charge in [0.15, 0.2) is 9.84 Å². The molecule has 1 N–H and O–H groups in total. The van der Waals surface area contributed by atoms with E-state index in [9.17, 15) is 18.0 Å². The molecule has 0 aliphatic carbocycles. The largest absolute Gasteiger partial charge is 0.343 e. The zero-order chi connectivity index (χ0) is 17.0. The number of hydrogen-bond donors (Lipinski definition) is 1. The van der Waals surface area contributed by atoms with Gasteiger partial charge in [-0.3, -0.25) is 9.59 Å². The Morgan fingerprint density at radius 2 is 1.91 bits per heavy atom. The average Bonchev–Trinajstić information content (AvgIpc) is 2.86. The summed E-state index contributed by atoms with van der Waals surface area (Å²) in [7, 11) is -3.04. The number of hydrogen-bond acceptors (Lipinski definition) is 4. The summed E-state index contributed by atoms with van der Waals surface area (Å²) >= 11 is 0. The number of benzene rings is 1. The van der Waals surface area contributed by atoms with Gasteiger partial charge in [-0.25, -0.2) is 8.42 Å². The third kappa shape index (κ3) is 4.54. The van der Waals surface area contributed by atoms with Crippen LogP contribution >= 0.6 is 0 Å². The summed E-state index contributed by atoms with van der Waals surface area (Å²) in [6, 6.07) is 6.79. The Morgan fingerprint density at radius 1 is 1.26 bits per heavy atom. The number of nitrogens with one attached hydrogen (secondary N) is 1. The highest BCUT2D eigenvalue weighted by Crippen LogP contribution is 2.17. The van der Waals surface area contributed by atoms with E-state index in [0.717, 1.165) is 5.56 Å². The van der Waals surface area contributed by atoms with Crippen molar-refractivity contribution in [3.63, 3.8) is 0 Å². The predicted molar refractivity (Wildman–Crippen MR) is 88.0 cm³/mol. The summed E-state index contributed by atoms with van der Waals surface area (Å²) < 4.78 is 23.1. The van der Waals surface area contributed by atoms with Crippen molar-refractivity contribution in [3.05, 3.63) is 35.4 Å². The highest BCUT2D eigenvalue weighted by atomic mass is 32.2. The van der Waals surface area contributed by atoms with Crippen LogP contribution in [0.25, 0.3) is 0 Å². The second-order valence-electron chi connectivity index (χ2n) is 5.79. The number of sulfone groups is 1. The monoisotopic (exact) mass is 338 g/mol. The van der Waals surface area contributed by atoms with Gasteiger partial charge < -0.3 is 10.2 Å². The van der Waals surface area contributed by atoms with Crippen molar-refractivity contribution < 1.29 is 18.0 Å². The van der Waals surface area contributed by atoms with Crippen LogP contribution in [-0.4, -0.2) is 55.8 Å². The van der Waals surface area contributed by atoms with Crippen LogP contribution in [0.3, 0.4) is 0 Å². The van der Waals surface area contributed by atoms with Gasteiger partial charge in [0.2, 0.25) is 5.91 Å². The number of rotatable bonds is 5. The van der Waals surface area contributed by atoms with Crippen molar-refractivity contribution in [1.82, 2.24) is 10.2 Å². The fourth-order valence-electron chi connectivity index (χ4n) is 2.72. The van der Waals surface area contributed by atoms with Gasteiger partial charge in [0.05, 0.1) is 18.1 Å². The normalized spacial score (nSPS) is 19.3. The molecule has 6 nitrogen and oxygen atoms in total. The number of aryl methyl sites for hydroxylation is 1. The molecule has 126 valence electrons. The van der Waals surface area contributed by atoms with E-state index in [1.54, 1.807) is 17.0 Å². The summed E-state index contributed by atoms with van der Waals surface area (Å²) in [6.45, 7) is 4.04. The van der Waals surface area contributed by atoms with E-state index in [1.165, 1.54) is 0 Å². The van der Waals surface area contributed by atoms with Crippen LogP contribution in [0.5, 0.6) is 0 Å². The maximum atomic E-state index is 12.3. The van der Waals surface area contributed by atoms with Crippen LogP contribution in [-0.2, 0) is 14.6 Å². The van der Waals surface area contributed by atoms with Crippen LogP contribution < -0.4 is 5.32 Å². The lowest BCUT2D eigenvalue weighted by molar-refractivity contribution is -0.131. The zero-order valence-electron chi connectivity index (χ0n) is 13.4. The molecule has 23 heavy (non-hydrogen) atoms.